The number of thiophene rings is 1. The Kier molecular flexibility index (Phi) is 4.69. The van der Waals surface area contributed by atoms with E-state index in [2.05, 4.69) is 17.6 Å². The molecule has 0 unspecified atom stereocenters. The predicted octanol–water partition coefficient (Wildman–Crippen LogP) is 3.07. The molecule has 0 spiro atoms. The molecule has 106 valence electrons. The van der Waals surface area contributed by atoms with E-state index in [1.165, 1.54) is 43.4 Å². The fraction of sp³-hybridized carbons (Fsp3) is 0.643. The number of amides is 1. The van der Waals surface area contributed by atoms with Crippen LogP contribution in [0, 0.1) is 5.92 Å². The van der Waals surface area contributed by atoms with Gasteiger partial charge in [0.15, 0.2) is 0 Å². The molecule has 0 radical (unpaired) electrons. The van der Waals surface area contributed by atoms with Gasteiger partial charge in [-0.3, -0.25) is 4.79 Å². The van der Waals surface area contributed by atoms with Crippen LogP contribution in [0.5, 0.6) is 0 Å². The van der Waals surface area contributed by atoms with Crippen LogP contribution < -0.4 is 16.4 Å². The van der Waals surface area contributed by atoms with Crippen molar-refractivity contribution in [2.75, 3.05) is 18.1 Å². The lowest BCUT2D eigenvalue weighted by molar-refractivity contribution is 0.0968. The molecule has 2 rings (SSSR count). The molecular weight excluding hydrogens is 258 g/mol. The van der Waals surface area contributed by atoms with Crippen LogP contribution in [0.25, 0.3) is 0 Å². The topological polar surface area (TPSA) is 67.1 Å². The van der Waals surface area contributed by atoms with Gasteiger partial charge in [0.2, 0.25) is 0 Å². The summed E-state index contributed by atoms with van der Waals surface area (Å²) in [7, 11) is 1.63. The van der Waals surface area contributed by atoms with Crippen molar-refractivity contribution in [1.29, 1.82) is 0 Å². The van der Waals surface area contributed by atoms with Gasteiger partial charge in [-0.1, -0.05) is 13.3 Å². The van der Waals surface area contributed by atoms with Crippen LogP contribution in [-0.4, -0.2) is 19.0 Å². The van der Waals surface area contributed by atoms with Crippen LogP contribution in [-0.2, 0) is 0 Å². The second-order valence-corrected chi connectivity index (χ2v) is 6.30. The smallest absolute Gasteiger partial charge is 0.263 e. The molecule has 4 nitrogen and oxygen atoms in total. The van der Waals surface area contributed by atoms with Crippen LogP contribution >= 0.6 is 11.3 Å². The SMILES string of the molecule is CCC1CCC(Nc2cc(N)c(C(=O)NC)s2)CC1. The molecule has 0 aliphatic heterocycles. The summed E-state index contributed by atoms with van der Waals surface area (Å²) < 4.78 is 0. The minimum absolute atomic E-state index is 0.106. The van der Waals surface area contributed by atoms with Crippen LogP contribution in [0.1, 0.15) is 48.7 Å². The Morgan fingerprint density at radius 1 is 1.42 bits per heavy atom. The number of carbonyl (C=O) groups excluding carboxylic acids is 1. The summed E-state index contributed by atoms with van der Waals surface area (Å²) >= 11 is 1.44. The molecular formula is C14H23N3OS. The summed E-state index contributed by atoms with van der Waals surface area (Å²) in [5.74, 6) is 0.790. The number of nitrogens with two attached hydrogens (primary N) is 1. The Morgan fingerprint density at radius 3 is 2.68 bits per heavy atom. The predicted molar refractivity (Wildman–Crippen MR) is 81.8 cm³/mol. The summed E-state index contributed by atoms with van der Waals surface area (Å²) in [6, 6.07) is 2.40. The first kappa shape index (κ1) is 14.2. The lowest BCUT2D eigenvalue weighted by Crippen LogP contribution is -2.25. The van der Waals surface area contributed by atoms with Gasteiger partial charge in [0.1, 0.15) is 4.88 Å². The van der Waals surface area contributed by atoms with Gasteiger partial charge in [-0.05, 0) is 37.7 Å². The Morgan fingerprint density at radius 2 is 2.11 bits per heavy atom. The summed E-state index contributed by atoms with van der Waals surface area (Å²) in [5, 5.41) is 7.15. The molecule has 1 aromatic rings. The largest absolute Gasteiger partial charge is 0.397 e. The molecule has 0 atom stereocenters. The molecule has 1 saturated carbocycles. The summed E-state index contributed by atoms with van der Waals surface area (Å²) in [5.41, 5.74) is 6.44. The van der Waals surface area contributed by atoms with E-state index in [-0.39, 0.29) is 5.91 Å². The number of nitrogen functional groups attached to an aromatic ring is 1. The van der Waals surface area contributed by atoms with Gasteiger partial charge in [0.05, 0.1) is 10.7 Å². The van der Waals surface area contributed by atoms with Gasteiger partial charge in [-0.25, -0.2) is 0 Å². The zero-order valence-corrected chi connectivity index (χ0v) is 12.5. The third-order valence-electron chi connectivity index (χ3n) is 3.96. The Balaban J connectivity index is 1.95. The number of rotatable bonds is 4. The number of carbonyl (C=O) groups is 1. The Bertz CT molecular complexity index is 436. The molecule has 1 aromatic heterocycles. The van der Waals surface area contributed by atoms with Crippen molar-refractivity contribution in [1.82, 2.24) is 5.32 Å². The van der Waals surface area contributed by atoms with E-state index in [1.807, 2.05) is 6.07 Å². The van der Waals surface area contributed by atoms with E-state index in [0.29, 0.717) is 16.6 Å². The maximum atomic E-state index is 11.6. The molecule has 5 heteroatoms. The fourth-order valence-electron chi connectivity index (χ4n) is 2.68. The molecule has 0 aromatic carbocycles. The van der Waals surface area contributed by atoms with Gasteiger partial charge >= 0.3 is 0 Å². The minimum Gasteiger partial charge on any atom is -0.397 e. The molecule has 0 bridgehead atoms. The minimum atomic E-state index is -0.106. The Labute approximate surface area is 118 Å². The fourth-order valence-corrected chi connectivity index (χ4v) is 3.69. The van der Waals surface area contributed by atoms with Crippen molar-refractivity contribution in [3.8, 4) is 0 Å². The quantitative estimate of drug-likeness (QED) is 0.794. The maximum absolute atomic E-state index is 11.6. The van der Waals surface area contributed by atoms with E-state index in [0.717, 1.165) is 10.9 Å². The van der Waals surface area contributed by atoms with Crippen molar-refractivity contribution >= 4 is 27.9 Å². The van der Waals surface area contributed by atoms with Crippen molar-refractivity contribution < 1.29 is 4.79 Å². The van der Waals surface area contributed by atoms with Crippen molar-refractivity contribution in [3.05, 3.63) is 10.9 Å². The monoisotopic (exact) mass is 281 g/mol. The highest BCUT2D eigenvalue weighted by molar-refractivity contribution is 7.18. The third kappa shape index (κ3) is 3.41. The second-order valence-electron chi connectivity index (χ2n) is 5.24. The van der Waals surface area contributed by atoms with Gasteiger partial charge in [0, 0.05) is 13.1 Å². The highest BCUT2D eigenvalue weighted by Gasteiger charge is 2.21. The first-order valence-electron chi connectivity index (χ1n) is 7.02. The summed E-state index contributed by atoms with van der Waals surface area (Å²) in [6.07, 6.45) is 6.32. The highest BCUT2D eigenvalue weighted by Crippen LogP contribution is 2.33. The molecule has 4 N–H and O–H groups in total. The van der Waals surface area contributed by atoms with E-state index in [9.17, 15) is 4.79 Å². The second kappa shape index (κ2) is 6.28. The van der Waals surface area contributed by atoms with E-state index >= 15 is 0 Å². The van der Waals surface area contributed by atoms with Gasteiger partial charge in [-0.15, -0.1) is 11.3 Å². The lowest BCUT2D eigenvalue weighted by atomic mass is 9.84. The van der Waals surface area contributed by atoms with E-state index in [4.69, 9.17) is 5.73 Å². The van der Waals surface area contributed by atoms with Crippen LogP contribution in [0.3, 0.4) is 0 Å². The summed E-state index contributed by atoms with van der Waals surface area (Å²) in [6.45, 7) is 2.27. The molecule has 1 amide bonds. The molecule has 19 heavy (non-hydrogen) atoms. The maximum Gasteiger partial charge on any atom is 0.263 e. The lowest BCUT2D eigenvalue weighted by Gasteiger charge is -2.28. The van der Waals surface area contributed by atoms with E-state index in [1.54, 1.807) is 7.05 Å². The van der Waals surface area contributed by atoms with Crippen LogP contribution in [0.15, 0.2) is 6.07 Å². The van der Waals surface area contributed by atoms with Gasteiger partial charge in [0.25, 0.3) is 5.91 Å². The Hall–Kier alpha value is -1.23. The van der Waals surface area contributed by atoms with Crippen LogP contribution in [0.2, 0.25) is 0 Å². The van der Waals surface area contributed by atoms with E-state index < -0.39 is 0 Å². The average Bonchev–Trinajstić information content (AvgIpc) is 2.79. The number of hydrogen-bond donors (Lipinski definition) is 3. The standard InChI is InChI=1S/C14H23N3OS/c1-3-9-4-6-10(7-5-9)17-12-8-11(15)13(19-12)14(18)16-2/h8-10,17H,3-7,15H2,1-2H3,(H,16,18). The van der Waals surface area contributed by atoms with Crippen LogP contribution in [0.4, 0.5) is 10.7 Å². The summed E-state index contributed by atoms with van der Waals surface area (Å²) in [4.78, 5) is 12.2. The zero-order valence-electron chi connectivity index (χ0n) is 11.7. The number of anilines is 2. The normalized spacial score (nSPS) is 23.1. The third-order valence-corrected chi connectivity index (χ3v) is 5.05. The van der Waals surface area contributed by atoms with Gasteiger partial charge in [-0.2, -0.15) is 0 Å². The molecule has 1 aliphatic rings. The molecule has 1 fully saturated rings. The van der Waals surface area contributed by atoms with Gasteiger partial charge < -0.3 is 16.4 Å². The van der Waals surface area contributed by atoms with Crippen molar-refractivity contribution in [2.24, 2.45) is 5.92 Å². The first-order valence-corrected chi connectivity index (χ1v) is 7.83. The van der Waals surface area contributed by atoms with Crippen molar-refractivity contribution in [2.45, 2.75) is 45.1 Å². The van der Waals surface area contributed by atoms with Crippen molar-refractivity contribution in [3.63, 3.8) is 0 Å². The number of nitrogens with one attached hydrogen (secondary N) is 2. The average molecular weight is 281 g/mol. The zero-order chi connectivity index (χ0) is 13.8. The highest BCUT2D eigenvalue weighted by atomic mass is 32.1. The number of hydrogen-bond acceptors (Lipinski definition) is 4. The molecule has 1 aliphatic carbocycles. The molecule has 0 saturated heterocycles. The first-order chi connectivity index (χ1) is 9.13. The molecule has 1 heterocycles.